The number of hydrogen-bond acceptors (Lipinski definition) is 3. The maximum atomic E-state index is 10.2. The van der Waals surface area contributed by atoms with E-state index in [4.69, 9.17) is 0 Å². The molecule has 0 aromatic heterocycles. The molecule has 0 saturated heterocycles. The molecule has 26 heavy (non-hydrogen) atoms. The summed E-state index contributed by atoms with van der Waals surface area (Å²) in [4.78, 5) is 10.2. The smallest absolute Gasteiger partial charge is 0.134 e. The zero-order valence-corrected chi connectivity index (χ0v) is 18.2. The summed E-state index contributed by atoms with van der Waals surface area (Å²) in [5, 5.41) is 3.13. The van der Waals surface area contributed by atoms with Crippen LogP contribution in [0.4, 0.5) is 0 Å². The molecule has 0 fully saturated rings. The van der Waals surface area contributed by atoms with Crippen LogP contribution in [0.3, 0.4) is 0 Å². The van der Waals surface area contributed by atoms with Gasteiger partial charge in [-0.05, 0) is 37.6 Å². The van der Waals surface area contributed by atoms with E-state index >= 15 is 0 Å². The molecule has 0 N–H and O–H groups in total. The first-order valence-electron chi connectivity index (χ1n) is 9.29. The Morgan fingerprint density at radius 2 is 1.38 bits per heavy atom. The maximum Gasteiger partial charge on any atom is 0.134 e. The molecule has 0 bridgehead atoms. The summed E-state index contributed by atoms with van der Waals surface area (Å²) >= 11 is 0. The Morgan fingerprint density at radius 3 is 1.65 bits per heavy atom. The molecular weight excluding hydrogens is 362 g/mol. The lowest BCUT2D eigenvalue weighted by Gasteiger charge is -2.26. The van der Waals surface area contributed by atoms with Gasteiger partial charge in [-0.1, -0.05) is 56.7 Å². The third-order valence-corrected chi connectivity index (χ3v) is 10.7. The van der Waals surface area contributed by atoms with Crippen LogP contribution in [0.5, 0.6) is 0 Å². The molecule has 0 spiro atoms. The van der Waals surface area contributed by atoms with Crippen molar-refractivity contribution in [2.24, 2.45) is 0 Å². The minimum atomic E-state index is -3.40. The lowest BCUT2D eigenvalue weighted by molar-refractivity contribution is -0.195. The number of rotatable bonds is 8. The normalized spacial score (nSPS) is 13.4. The average Bonchev–Trinajstić information content (AvgIpc) is 2.71. The third kappa shape index (κ3) is 6.63. The highest BCUT2D eigenvalue weighted by Gasteiger charge is 2.39. The second kappa shape index (κ2) is 11.7. The molecule has 5 heteroatoms. The summed E-state index contributed by atoms with van der Waals surface area (Å²) in [6.45, 7) is 6.20. The Hall–Kier alpha value is -0.980. The summed E-state index contributed by atoms with van der Waals surface area (Å²) in [7, 11) is -3.44. The van der Waals surface area contributed by atoms with Gasteiger partial charge in [-0.25, -0.2) is 0 Å². The molecule has 2 aromatic carbocycles. The molecular formula is C21H32O3P2. The molecule has 2 aromatic rings. The maximum absolute atomic E-state index is 10.2. The van der Waals surface area contributed by atoms with Gasteiger partial charge in [0.1, 0.15) is 7.60 Å². The Morgan fingerprint density at radius 1 is 0.923 bits per heavy atom. The fourth-order valence-electron chi connectivity index (χ4n) is 2.91. The van der Waals surface area contributed by atoms with E-state index in [1.165, 1.54) is 32.1 Å². The predicted molar refractivity (Wildman–Crippen MR) is 115 cm³/mol. The van der Waals surface area contributed by atoms with Crippen LogP contribution in [0.2, 0.25) is 0 Å². The van der Waals surface area contributed by atoms with Gasteiger partial charge in [0.25, 0.3) is 0 Å². The molecule has 0 amide bonds. The van der Waals surface area contributed by atoms with Crippen LogP contribution in [0, 0.1) is 0 Å². The van der Waals surface area contributed by atoms with Crippen molar-refractivity contribution in [3.05, 3.63) is 60.7 Å². The van der Waals surface area contributed by atoms with E-state index in [-0.39, 0.29) is 6.16 Å². The second-order valence-electron chi connectivity index (χ2n) is 6.14. The molecule has 0 radical (unpaired) electrons. The largest absolute Gasteiger partial charge is 0.779 e. The molecule has 1 atom stereocenters. The topological polar surface area (TPSA) is 49.4 Å². The van der Waals surface area contributed by atoms with Crippen LogP contribution in [0.15, 0.2) is 60.7 Å². The summed E-state index contributed by atoms with van der Waals surface area (Å²) in [6, 6.07) is 22.3. The first kappa shape index (κ1) is 23.1. The minimum Gasteiger partial charge on any atom is -0.779 e. The van der Waals surface area contributed by atoms with E-state index in [1.54, 1.807) is 10.6 Å². The van der Waals surface area contributed by atoms with Gasteiger partial charge in [-0.2, -0.15) is 0 Å². The van der Waals surface area contributed by atoms with E-state index in [2.05, 4.69) is 79.0 Å². The molecule has 0 aliphatic rings. The van der Waals surface area contributed by atoms with E-state index < -0.39 is 14.9 Å². The van der Waals surface area contributed by atoms with E-state index in [1.807, 2.05) is 0 Å². The molecule has 0 aliphatic heterocycles. The van der Waals surface area contributed by atoms with Crippen molar-refractivity contribution < 1.29 is 14.0 Å². The number of benzene rings is 2. The third-order valence-electron chi connectivity index (χ3n) is 4.60. The van der Waals surface area contributed by atoms with Crippen LogP contribution in [-0.4, -0.2) is 25.6 Å². The van der Waals surface area contributed by atoms with Crippen molar-refractivity contribution >= 4 is 25.5 Å². The Labute approximate surface area is 159 Å². The van der Waals surface area contributed by atoms with Gasteiger partial charge in [0.15, 0.2) is 0 Å². The summed E-state index contributed by atoms with van der Waals surface area (Å²) in [5.74, 6) is 0. The molecule has 144 valence electrons. The fourth-order valence-corrected chi connectivity index (χ4v) is 7.38. The van der Waals surface area contributed by atoms with Crippen LogP contribution >= 0.6 is 14.9 Å². The SMILES string of the molecule is CCCC[P+](CC)(c1ccccc1)c1ccccc1.CCP(=O)([O-])OC. The van der Waals surface area contributed by atoms with Crippen LogP contribution in [0.25, 0.3) is 0 Å². The second-order valence-corrected chi connectivity index (χ2v) is 12.4. The first-order chi connectivity index (χ1) is 12.5. The predicted octanol–water partition coefficient (Wildman–Crippen LogP) is 4.68. The van der Waals surface area contributed by atoms with Crippen molar-refractivity contribution in [3.8, 4) is 0 Å². The highest BCUT2D eigenvalue weighted by atomic mass is 31.2. The van der Waals surface area contributed by atoms with E-state index in [9.17, 15) is 9.46 Å². The highest BCUT2D eigenvalue weighted by Crippen LogP contribution is 2.56. The van der Waals surface area contributed by atoms with Gasteiger partial charge in [-0.3, -0.25) is 0 Å². The highest BCUT2D eigenvalue weighted by molar-refractivity contribution is 7.89. The van der Waals surface area contributed by atoms with Crippen molar-refractivity contribution in [1.82, 2.24) is 0 Å². The van der Waals surface area contributed by atoms with E-state index in [0.29, 0.717) is 0 Å². The molecule has 0 heterocycles. The molecule has 0 saturated carbocycles. The molecule has 3 nitrogen and oxygen atoms in total. The Balaban J connectivity index is 0.000000412. The molecule has 0 aliphatic carbocycles. The summed E-state index contributed by atoms with van der Waals surface area (Å²) in [6.07, 6.45) is 5.28. The molecule has 2 rings (SSSR count). The van der Waals surface area contributed by atoms with Crippen molar-refractivity contribution in [1.29, 1.82) is 0 Å². The van der Waals surface area contributed by atoms with Gasteiger partial charge in [-0.15, -0.1) is 0 Å². The quantitative estimate of drug-likeness (QED) is 0.611. The lowest BCUT2D eigenvalue weighted by atomic mass is 10.4. The van der Waals surface area contributed by atoms with Gasteiger partial charge in [0.05, 0.1) is 30.2 Å². The fraction of sp³-hybridized carbons (Fsp3) is 0.429. The minimum absolute atomic E-state index is 0.0729. The Bertz CT molecular complexity index is 612. The van der Waals surface area contributed by atoms with E-state index in [0.717, 1.165) is 7.11 Å². The average molecular weight is 394 g/mol. The Kier molecular flexibility index (Phi) is 10.4. The standard InChI is InChI=1S/C18H24P.C3H9O3P/c1-3-5-16-19(4-2,17-12-8-6-9-13-17)18-14-10-7-11-15-18;1-3-7(4,5)6-2/h6-15H,3-5,16H2,1-2H3;3H2,1-2H3,(H,4,5)/q+1;/p-1. The van der Waals surface area contributed by atoms with Gasteiger partial charge in [0, 0.05) is 13.3 Å². The van der Waals surface area contributed by atoms with Gasteiger partial charge < -0.3 is 14.0 Å². The lowest BCUT2D eigenvalue weighted by Crippen LogP contribution is -2.26. The van der Waals surface area contributed by atoms with Crippen LogP contribution < -0.4 is 15.5 Å². The zero-order valence-electron chi connectivity index (χ0n) is 16.4. The summed E-state index contributed by atoms with van der Waals surface area (Å²) < 4.78 is 14.3. The number of hydrogen-bond donors (Lipinski definition) is 0. The van der Waals surface area contributed by atoms with Crippen molar-refractivity contribution in [3.63, 3.8) is 0 Å². The molecule has 1 unspecified atom stereocenters. The zero-order chi connectivity index (χ0) is 19.5. The monoisotopic (exact) mass is 394 g/mol. The van der Waals surface area contributed by atoms with Crippen molar-refractivity contribution in [2.45, 2.75) is 33.6 Å². The van der Waals surface area contributed by atoms with Gasteiger partial charge in [0.2, 0.25) is 0 Å². The van der Waals surface area contributed by atoms with Gasteiger partial charge >= 0.3 is 0 Å². The van der Waals surface area contributed by atoms with Crippen LogP contribution in [0.1, 0.15) is 33.6 Å². The first-order valence-corrected chi connectivity index (χ1v) is 13.2. The summed E-state index contributed by atoms with van der Waals surface area (Å²) in [5.41, 5.74) is 0. The number of unbranched alkanes of at least 4 members (excludes halogenated alkanes) is 1. The van der Waals surface area contributed by atoms with Crippen molar-refractivity contribution in [2.75, 3.05) is 25.6 Å². The van der Waals surface area contributed by atoms with Crippen LogP contribution in [-0.2, 0) is 9.09 Å².